The Balaban J connectivity index is 0.000000191. The number of fused-ring (bicyclic) bond motifs is 7. The van der Waals surface area contributed by atoms with Gasteiger partial charge in [0.25, 0.3) is 0 Å². The van der Waals surface area contributed by atoms with E-state index in [-0.39, 0.29) is 6.04 Å². The molecule has 1 aliphatic carbocycles. The molecule has 3 fully saturated rings. The highest BCUT2D eigenvalue weighted by atomic mass is 35.5. The summed E-state index contributed by atoms with van der Waals surface area (Å²) in [4.78, 5) is 9.24. The van der Waals surface area contributed by atoms with Crippen LogP contribution in [0.25, 0.3) is 33.7 Å². The number of pyridine rings is 1. The van der Waals surface area contributed by atoms with Gasteiger partial charge in [-0.2, -0.15) is 0 Å². The van der Waals surface area contributed by atoms with Gasteiger partial charge in [-0.3, -0.25) is 9.88 Å². The van der Waals surface area contributed by atoms with Crippen molar-refractivity contribution in [3.8, 4) is 16.9 Å². The van der Waals surface area contributed by atoms with Gasteiger partial charge in [0.2, 0.25) is 0 Å². The molecule has 4 heterocycles. The van der Waals surface area contributed by atoms with E-state index in [4.69, 9.17) is 39.5 Å². The first-order valence-corrected chi connectivity index (χ1v) is 22.2. The Labute approximate surface area is 365 Å². The Morgan fingerprint density at radius 2 is 1.59 bits per heavy atom. The van der Waals surface area contributed by atoms with Crippen LogP contribution in [0, 0.1) is 11.8 Å². The molecule has 2 unspecified atom stereocenters. The first-order valence-electron chi connectivity index (χ1n) is 21.1. The lowest BCUT2D eigenvalue weighted by atomic mass is 9.73. The molecule has 6 nitrogen and oxygen atoms in total. The molecule has 2 bridgehead atoms. The van der Waals surface area contributed by atoms with Crippen LogP contribution in [0.15, 0.2) is 97.7 Å². The molecule has 5 aromatic rings. The molecule has 9 rings (SSSR count). The number of aromatic nitrogens is 1. The van der Waals surface area contributed by atoms with Crippen LogP contribution in [0.2, 0.25) is 15.1 Å². The van der Waals surface area contributed by atoms with Gasteiger partial charge in [0, 0.05) is 45.8 Å². The zero-order valence-electron chi connectivity index (χ0n) is 34.4. The molecule has 9 heteroatoms. The largest absolute Gasteiger partial charge is 0.497 e. The topological polar surface area (TPSA) is 69.1 Å². The van der Waals surface area contributed by atoms with E-state index in [1.165, 1.54) is 6.42 Å². The number of aliphatic hydroxyl groups is 2. The molecular weight excluding hydrogens is 797 g/mol. The van der Waals surface area contributed by atoms with Crippen LogP contribution in [0.3, 0.4) is 0 Å². The second-order valence-corrected chi connectivity index (χ2v) is 17.5. The standard InChI is InChI=1S/C30H32Cl3NO.C20H24N2O2/c1-3-5-13-34(14-6-4-2)19-29(35)28-18-23(33)17-27-25(15-20-7-9-21(31)10-8-20)26-16-22(32)11-12-24(26)30(27)28;1-3-13-12-22-9-7-14(13)10-19(22)20(23)16-6-8-21-18-5-4-15(24-2)11-17(16)18/h7-12,15-18,29,35H,3-6,13-14,19H2,1-2H3;3-6,8,11,13-14,19-20,23H,1,7,9-10,12H2,2H3/b25-15-;/t;13-,14-,19+,20+/m.0/s1. The molecular formula is C50H56Cl3N3O3. The maximum absolute atomic E-state index is 11.5. The van der Waals surface area contributed by atoms with Gasteiger partial charge in [-0.25, -0.2) is 0 Å². The number of nitrogens with zero attached hydrogens (tertiary/aromatic N) is 3. The average molecular weight is 853 g/mol. The number of ether oxygens (including phenoxy) is 1. The van der Waals surface area contributed by atoms with Gasteiger partial charge < -0.3 is 19.8 Å². The second kappa shape index (κ2) is 19.8. The quantitative estimate of drug-likeness (QED) is 0.106. The molecule has 3 saturated heterocycles. The van der Waals surface area contributed by atoms with Gasteiger partial charge in [0.05, 0.1) is 24.8 Å². The van der Waals surface area contributed by atoms with Gasteiger partial charge >= 0.3 is 0 Å². The van der Waals surface area contributed by atoms with Crippen molar-refractivity contribution in [3.05, 3.63) is 141 Å². The summed E-state index contributed by atoms with van der Waals surface area (Å²) >= 11 is 19.2. The third kappa shape index (κ3) is 9.76. The van der Waals surface area contributed by atoms with Crippen molar-refractivity contribution in [2.75, 3.05) is 39.8 Å². The lowest BCUT2D eigenvalue weighted by Crippen LogP contribution is -2.54. The molecule has 4 aromatic carbocycles. The van der Waals surface area contributed by atoms with Crippen molar-refractivity contribution in [1.82, 2.24) is 14.8 Å². The van der Waals surface area contributed by atoms with Crippen molar-refractivity contribution in [2.24, 2.45) is 11.8 Å². The first kappa shape index (κ1) is 43.4. The molecule has 1 aromatic heterocycles. The summed E-state index contributed by atoms with van der Waals surface area (Å²) in [6.45, 7) is 13.0. The van der Waals surface area contributed by atoms with Crippen molar-refractivity contribution >= 4 is 57.4 Å². The zero-order valence-corrected chi connectivity index (χ0v) is 36.7. The van der Waals surface area contributed by atoms with Crippen molar-refractivity contribution in [2.45, 2.75) is 70.6 Å². The molecule has 0 amide bonds. The molecule has 6 atom stereocenters. The number of benzene rings is 4. The van der Waals surface area contributed by atoms with Crippen LogP contribution < -0.4 is 4.74 Å². The van der Waals surface area contributed by atoms with Gasteiger partial charge in [-0.05, 0) is 168 Å². The highest BCUT2D eigenvalue weighted by Crippen LogP contribution is 2.50. The minimum Gasteiger partial charge on any atom is -0.497 e. The smallest absolute Gasteiger partial charge is 0.119 e. The summed E-state index contributed by atoms with van der Waals surface area (Å²) in [5, 5.41) is 25.6. The summed E-state index contributed by atoms with van der Waals surface area (Å²) < 4.78 is 5.35. The van der Waals surface area contributed by atoms with Crippen LogP contribution in [-0.4, -0.2) is 70.9 Å². The number of hydrogen-bond acceptors (Lipinski definition) is 6. The van der Waals surface area contributed by atoms with Crippen LogP contribution in [0.4, 0.5) is 0 Å². The fourth-order valence-electron chi connectivity index (χ4n) is 9.23. The summed E-state index contributed by atoms with van der Waals surface area (Å²) in [6, 6.07) is 25.6. The minimum absolute atomic E-state index is 0.178. The van der Waals surface area contributed by atoms with Crippen molar-refractivity contribution in [3.63, 3.8) is 0 Å². The van der Waals surface area contributed by atoms with Gasteiger partial charge in [0.1, 0.15) is 5.75 Å². The SMILES string of the molecule is C=C[C@H]1CN2CC[C@H]1C[C@@H]2[C@H](O)c1ccnc2ccc(OC)cc12.CCCCN(CCCC)CC(O)c1cc(Cl)cc2c1-c1ccc(Cl)cc1/C2=C/c1ccc(Cl)cc1. The highest BCUT2D eigenvalue weighted by Gasteiger charge is 2.42. The van der Waals surface area contributed by atoms with Crippen molar-refractivity contribution in [1.29, 1.82) is 0 Å². The van der Waals surface area contributed by atoms with Crippen LogP contribution in [-0.2, 0) is 0 Å². The van der Waals surface area contributed by atoms with Crippen LogP contribution >= 0.6 is 34.8 Å². The summed E-state index contributed by atoms with van der Waals surface area (Å²) in [7, 11) is 1.66. The first-order chi connectivity index (χ1) is 28.6. The molecule has 0 spiro atoms. The lowest BCUT2D eigenvalue weighted by molar-refractivity contribution is -0.0444. The minimum atomic E-state index is -0.644. The Morgan fingerprint density at radius 1 is 0.864 bits per heavy atom. The number of hydrogen-bond donors (Lipinski definition) is 2. The summed E-state index contributed by atoms with van der Waals surface area (Å²) in [6.07, 6.45) is 11.6. The van der Waals surface area contributed by atoms with Crippen LogP contribution in [0.5, 0.6) is 5.75 Å². The van der Waals surface area contributed by atoms with E-state index in [0.717, 1.165) is 119 Å². The highest BCUT2D eigenvalue weighted by molar-refractivity contribution is 6.32. The maximum atomic E-state index is 11.5. The van der Waals surface area contributed by atoms with Crippen LogP contribution in [0.1, 0.15) is 92.4 Å². The lowest BCUT2D eigenvalue weighted by Gasteiger charge is -2.50. The molecule has 310 valence electrons. The maximum Gasteiger partial charge on any atom is 0.119 e. The van der Waals surface area contributed by atoms with Gasteiger partial charge in [-0.1, -0.05) is 85.8 Å². The number of rotatable bonds is 14. The normalized spacial score (nSPS) is 20.9. The Bertz CT molecular complexity index is 2270. The summed E-state index contributed by atoms with van der Waals surface area (Å²) in [5.41, 5.74) is 8.98. The number of halogens is 3. The van der Waals surface area contributed by atoms with Gasteiger partial charge in [0.15, 0.2) is 0 Å². The van der Waals surface area contributed by atoms with E-state index < -0.39 is 12.2 Å². The van der Waals surface area contributed by atoms with E-state index >= 15 is 0 Å². The predicted molar refractivity (Wildman–Crippen MR) is 247 cm³/mol. The number of piperidine rings is 3. The van der Waals surface area contributed by atoms with Crippen molar-refractivity contribution < 1.29 is 14.9 Å². The summed E-state index contributed by atoms with van der Waals surface area (Å²) in [5.74, 6) is 2.01. The Hall–Kier alpha value is -3.72. The number of unbranched alkanes of at least 4 members (excludes halogenated alkanes) is 2. The Morgan fingerprint density at radius 3 is 2.27 bits per heavy atom. The predicted octanol–water partition coefficient (Wildman–Crippen LogP) is 12.3. The van der Waals surface area contributed by atoms with E-state index in [2.05, 4.69) is 53.4 Å². The van der Waals surface area contributed by atoms with E-state index in [0.29, 0.717) is 33.4 Å². The van der Waals surface area contributed by atoms with E-state index in [1.54, 1.807) is 13.3 Å². The monoisotopic (exact) mass is 851 g/mol. The third-order valence-electron chi connectivity index (χ3n) is 12.4. The average Bonchev–Trinajstić information content (AvgIpc) is 3.55. The molecule has 0 radical (unpaired) electrons. The van der Waals surface area contributed by atoms with E-state index in [1.807, 2.05) is 72.8 Å². The fraction of sp³-hybridized carbons (Fsp3) is 0.380. The molecule has 4 aliphatic rings. The second-order valence-electron chi connectivity index (χ2n) is 16.2. The van der Waals surface area contributed by atoms with Gasteiger partial charge in [-0.15, -0.1) is 6.58 Å². The molecule has 3 aliphatic heterocycles. The van der Waals surface area contributed by atoms with E-state index in [9.17, 15) is 10.2 Å². The molecule has 0 saturated carbocycles. The number of methoxy groups -OCH3 is 1. The molecule has 59 heavy (non-hydrogen) atoms. The number of aliphatic hydroxyl groups excluding tert-OH is 2. The zero-order chi connectivity index (χ0) is 41.6. The molecule has 2 N–H and O–H groups in total. The fourth-order valence-corrected chi connectivity index (χ4v) is 9.76. The third-order valence-corrected chi connectivity index (χ3v) is 13.1. The Kier molecular flexibility index (Phi) is 14.5.